The Morgan fingerprint density at radius 1 is 1.62 bits per heavy atom. The van der Waals surface area contributed by atoms with E-state index in [0.717, 1.165) is 9.86 Å². The molecule has 0 unspecified atom stereocenters. The summed E-state index contributed by atoms with van der Waals surface area (Å²) in [5.41, 5.74) is 0.899. The molecule has 0 saturated carbocycles. The third-order valence-corrected chi connectivity index (χ3v) is 2.62. The van der Waals surface area contributed by atoms with Crippen molar-refractivity contribution in [1.29, 1.82) is 5.26 Å². The zero-order chi connectivity index (χ0) is 9.42. The summed E-state index contributed by atoms with van der Waals surface area (Å²) >= 11 is 9.15. The summed E-state index contributed by atoms with van der Waals surface area (Å²) < 4.78 is 0.890. The van der Waals surface area contributed by atoms with Gasteiger partial charge < -0.3 is 4.98 Å². The number of rotatable bonds is 0. The van der Waals surface area contributed by atoms with Crippen molar-refractivity contribution in [2.75, 3.05) is 0 Å². The van der Waals surface area contributed by atoms with E-state index in [-0.39, 0.29) is 5.69 Å². The lowest BCUT2D eigenvalue weighted by Crippen LogP contribution is -1.84. The van der Waals surface area contributed by atoms with Gasteiger partial charge >= 0.3 is 0 Å². The Labute approximate surface area is 87.5 Å². The quantitative estimate of drug-likeness (QED) is 0.788. The highest BCUT2D eigenvalue weighted by atomic mass is 79.9. The summed E-state index contributed by atoms with van der Waals surface area (Å²) in [5.74, 6) is 0. The number of nitriles is 1. The van der Waals surface area contributed by atoms with E-state index in [9.17, 15) is 0 Å². The third-order valence-electron chi connectivity index (χ3n) is 1.67. The number of H-pyrrole nitrogens is 1. The molecule has 1 N–H and O–H groups in total. The van der Waals surface area contributed by atoms with Crippen molar-refractivity contribution < 1.29 is 0 Å². The normalized spacial score (nSPS) is 10.2. The second-order valence-corrected chi connectivity index (χ2v) is 3.72. The Morgan fingerprint density at radius 2 is 2.38 bits per heavy atom. The Morgan fingerprint density at radius 3 is 3.08 bits per heavy atom. The summed E-state index contributed by atoms with van der Waals surface area (Å²) in [5, 5.41) is 9.91. The van der Waals surface area contributed by atoms with Crippen LogP contribution in [0.4, 0.5) is 0 Å². The SMILES string of the molecule is N#Cc1nc2[nH]cc(Br)c2cc1Cl. The second kappa shape index (κ2) is 3.02. The fraction of sp³-hybridized carbons (Fsp3) is 0. The van der Waals surface area contributed by atoms with Gasteiger partial charge in [-0.15, -0.1) is 0 Å². The summed E-state index contributed by atoms with van der Waals surface area (Å²) in [6.45, 7) is 0. The fourth-order valence-electron chi connectivity index (χ4n) is 1.07. The van der Waals surface area contributed by atoms with Crippen LogP contribution in [0.25, 0.3) is 11.0 Å². The predicted molar refractivity (Wildman–Crippen MR) is 53.5 cm³/mol. The molecule has 0 aromatic carbocycles. The van der Waals surface area contributed by atoms with Crippen LogP contribution in [-0.2, 0) is 0 Å². The number of hydrogen-bond acceptors (Lipinski definition) is 2. The van der Waals surface area contributed by atoms with Gasteiger partial charge in [0.05, 0.1) is 5.02 Å². The Hall–Kier alpha value is -1.05. The third kappa shape index (κ3) is 1.30. The maximum Gasteiger partial charge on any atom is 0.161 e. The van der Waals surface area contributed by atoms with Gasteiger partial charge in [0, 0.05) is 16.1 Å². The zero-order valence-corrected chi connectivity index (χ0v) is 8.65. The van der Waals surface area contributed by atoms with E-state index in [1.165, 1.54) is 0 Å². The van der Waals surface area contributed by atoms with Crippen LogP contribution in [0.5, 0.6) is 0 Å². The first-order valence-corrected chi connectivity index (χ1v) is 4.62. The topological polar surface area (TPSA) is 52.5 Å². The van der Waals surface area contributed by atoms with Crippen molar-refractivity contribution in [2.24, 2.45) is 0 Å². The van der Waals surface area contributed by atoms with Crippen molar-refractivity contribution in [2.45, 2.75) is 0 Å². The van der Waals surface area contributed by atoms with E-state index < -0.39 is 0 Å². The largest absolute Gasteiger partial charge is 0.345 e. The first-order valence-electron chi connectivity index (χ1n) is 3.45. The minimum Gasteiger partial charge on any atom is -0.345 e. The molecule has 64 valence electrons. The first kappa shape index (κ1) is 8.54. The predicted octanol–water partition coefficient (Wildman–Crippen LogP) is 2.85. The number of nitrogens with one attached hydrogen (secondary N) is 1. The van der Waals surface area contributed by atoms with Gasteiger partial charge in [-0.25, -0.2) is 4.98 Å². The maximum absolute atomic E-state index is 8.66. The van der Waals surface area contributed by atoms with Gasteiger partial charge in [0.15, 0.2) is 5.69 Å². The molecule has 0 radical (unpaired) electrons. The average Bonchev–Trinajstić information content (AvgIpc) is 2.47. The Balaban J connectivity index is 2.85. The molecule has 0 aliphatic carbocycles. The van der Waals surface area contributed by atoms with Gasteiger partial charge in [-0.3, -0.25) is 0 Å². The van der Waals surface area contributed by atoms with Crippen molar-refractivity contribution in [3.8, 4) is 6.07 Å². The van der Waals surface area contributed by atoms with Gasteiger partial charge in [0.1, 0.15) is 11.7 Å². The lowest BCUT2D eigenvalue weighted by Gasteiger charge is -1.94. The Bertz CT molecular complexity index is 512. The molecular formula is C8H3BrClN3. The molecule has 3 nitrogen and oxygen atoms in total. The highest BCUT2D eigenvalue weighted by molar-refractivity contribution is 9.10. The van der Waals surface area contributed by atoms with E-state index >= 15 is 0 Å². The number of aromatic amines is 1. The van der Waals surface area contributed by atoms with E-state index in [2.05, 4.69) is 25.9 Å². The van der Waals surface area contributed by atoms with Gasteiger partial charge in [-0.2, -0.15) is 5.26 Å². The first-order chi connectivity index (χ1) is 6.22. The number of nitrogens with zero attached hydrogens (tertiary/aromatic N) is 2. The molecule has 2 heterocycles. The molecule has 13 heavy (non-hydrogen) atoms. The van der Waals surface area contributed by atoms with Crippen LogP contribution in [0.3, 0.4) is 0 Å². The molecule has 0 bridgehead atoms. The number of fused-ring (bicyclic) bond motifs is 1. The molecule has 0 amide bonds. The van der Waals surface area contributed by atoms with Gasteiger partial charge in [0.2, 0.25) is 0 Å². The lowest BCUT2D eigenvalue weighted by atomic mass is 10.3. The summed E-state index contributed by atoms with van der Waals surface area (Å²) in [4.78, 5) is 6.96. The monoisotopic (exact) mass is 255 g/mol. The Kier molecular flexibility index (Phi) is 1.98. The summed E-state index contributed by atoms with van der Waals surface area (Å²) in [7, 11) is 0. The van der Waals surface area contributed by atoms with Crippen LogP contribution in [0.15, 0.2) is 16.7 Å². The molecule has 2 aromatic heterocycles. The zero-order valence-electron chi connectivity index (χ0n) is 6.31. The molecule has 5 heteroatoms. The standard InChI is InChI=1S/C8H3BrClN3/c9-5-3-12-8-4(5)1-6(10)7(2-11)13-8/h1,3H,(H,12,13). The molecule has 0 aliphatic rings. The average molecular weight is 256 g/mol. The van der Waals surface area contributed by atoms with Crippen molar-refractivity contribution in [3.05, 3.63) is 27.5 Å². The highest BCUT2D eigenvalue weighted by Gasteiger charge is 2.07. The molecule has 2 aromatic rings. The van der Waals surface area contributed by atoms with Gasteiger partial charge in [-0.1, -0.05) is 11.6 Å². The van der Waals surface area contributed by atoms with Crippen molar-refractivity contribution >= 4 is 38.6 Å². The van der Waals surface area contributed by atoms with E-state index in [0.29, 0.717) is 10.7 Å². The van der Waals surface area contributed by atoms with Crippen LogP contribution in [0.2, 0.25) is 5.02 Å². The minimum atomic E-state index is 0.239. The molecular weight excluding hydrogens is 253 g/mol. The number of hydrogen-bond donors (Lipinski definition) is 1. The molecule has 0 fully saturated rings. The van der Waals surface area contributed by atoms with Crippen molar-refractivity contribution in [3.63, 3.8) is 0 Å². The van der Waals surface area contributed by atoms with Crippen LogP contribution in [0.1, 0.15) is 5.69 Å². The van der Waals surface area contributed by atoms with Gasteiger partial charge in [-0.05, 0) is 22.0 Å². The van der Waals surface area contributed by atoms with E-state index in [4.69, 9.17) is 16.9 Å². The van der Waals surface area contributed by atoms with Gasteiger partial charge in [0.25, 0.3) is 0 Å². The number of aromatic nitrogens is 2. The molecule has 0 saturated heterocycles. The summed E-state index contributed by atoms with van der Waals surface area (Å²) in [6, 6.07) is 3.63. The van der Waals surface area contributed by atoms with E-state index in [1.807, 2.05) is 6.07 Å². The number of halogens is 2. The maximum atomic E-state index is 8.66. The molecule has 2 rings (SSSR count). The lowest BCUT2D eigenvalue weighted by molar-refractivity contribution is 1.28. The van der Waals surface area contributed by atoms with Crippen LogP contribution in [-0.4, -0.2) is 9.97 Å². The fourth-order valence-corrected chi connectivity index (χ4v) is 1.68. The smallest absolute Gasteiger partial charge is 0.161 e. The van der Waals surface area contributed by atoms with Crippen LogP contribution >= 0.6 is 27.5 Å². The van der Waals surface area contributed by atoms with Crippen LogP contribution in [0, 0.1) is 11.3 Å². The molecule has 0 atom stereocenters. The molecule has 0 aliphatic heterocycles. The van der Waals surface area contributed by atoms with Crippen LogP contribution < -0.4 is 0 Å². The van der Waals surface area contributed by atoms with E-state index in [1.54, 1.807) is 12.3 Å². The number of pyridine rings is 1. The minimum absolute atomic E-state index is 0.239. The second-order valence-electron chi connectivity index (χ2n) is 2.46. The summed E-state index contributed by atoms with van der Waals surface area (Å²) in [6.07, 6.45) is 1.76. The van der Waals surface area contributed by atoms with Crippen molar-refractivity contribution in [1.82, 2.24) is 9.97 Å². The highest BCUT2D eigenvalue weighted by Crippen LogP contribution is 2.26. The molecule has 0 spiro atoms.